The number of carboxylic acids is 1. The Hall–Kier alpha value is -3.53. The number of fused-ring (bicyclic) bond motifs is 8. The number of nitrogens with zero attached hydrogens (tertiary/aromatic N) is 3. The zero-order chi connectivity index (χ0) is 31.2. The third-order valence-corrected chi connectivity index (χ3v) is 11.4. The highest BCUT2D eigenvalue weighted by Gasteiger charge is 2.65. The Balaban J connectivity index is 1.36. The van der Waals surface area contributed by atoms with E-state index in [-0.39, 0.29) is 29.2 Å². The van der Waals surface area contributed by atoms with Gasteiger partial charge in [-0.05, 0) is 74.8 Å². The molecule has 1 amide bonds. The summed E-state index contributed by atoms with van der Waals surface area (Å²) in [7, 11) is 2.08. The van der Waals surface area contributed by atoms with E-state index >= 15 is 0 Å². The minimum absolute atomic E-state index is 0.00793. The topological polar surface area (TPSA) is 75.0 Å². The highest BCUT2D eigenvalue weighted by Crippen LogP contribution is 2.68. The van der Waals surface area contributed by atoms with Gasteiger partial charge >= 0.3 is 12.3 Å². The molecule has 4 fully saturated rings. The molecule has 3 aromatic rings. The van der Waals surface area contributed by atoms with Crippen molar-refractivity contribution < 1.29 is 32.6 Å². The van der Waals surface area contributed by atoms with Crippen LogP contribution in [0.15, 0.2) is 36.4 Å². The van der Waals surface area contributed by atoms with Gasteiger partial charge in [0.25, 0.3) is 0 Å². The first kappa shape index (κ1) is 28.9. The number of hydrogen-bond acceptors (Lipinski definition) is 4. The second-order valence-electron chi connectivity index (χ2n) is 14.1. The van der Waals surface area contributed by atoms with Crippen molar-refractivity contribution in [2.75, 3.05) is 26.7 Å². The number of hydrogen-bond donors (Lipinski definition) is 1. The van der Waals surface area contributed by atoms with Crippen LogP contribution in [-0.2, 0) is 11.3 Å². The smallest absolute Gasteiger partial charge is 0.478 e. The van der Waals surface area contributed by atoms with Crippen molar-refractivity contribution in [3.05, 3.63) is 53.1 Å². The van der Waals surface area contributed by atoms with Gasteiger partial charge in [-0.25, -0.2) is 4.79 Å². The number of amides is 1. The van der Waals surface area contributed by atoms with Crippen LogP contribution in [0.25, 0.3) is 22.2 Å². The van der Waals surface area contributed by atoms with E-state index in [9.17, 15) is 27.9 Å². The molecule has 10 heteroatoms. The van der Waals surface area contributed by atoms with E-state index < -0.39 is 23.7 Å². The van der Waals surface area contributed by atoms with Gasteiger partial charge in [0.2, 0.25) is 5.91 Å². The average Bonchev–Trinajstić information content (AvgIpc) is 3.49. The maximum atomic E-state index is 14.9. The lowest BCUT2D eigenvalue weighted by Gasteiger charge is -2.39. The number of piperidine rings is 1. The van der Waals surface area contributed by atoms with Crippen molar-refractivity contribution >= 4 is 22.8 Å². The van der Waals surface area contributed by atoms with E-state index in [2.05, 4.69) is 16.5 Å². The number of rotatable bonds is 4. The third-order valence-electron chi connectivity index (χ3n) is 11.4. The van der Waals surface area contributed by atoms with Crippen LogP contribution in [0, 0.1) is 11.3 Å². The molecule has 5 aliphatic rings. The van der Waals surface area contributed by atoms with Gasteiger partial charge in [0.1, 0.15) is 5.75 Å². The summed E-state index contributed by atoms with van der Waals surface area (Å²) in [5.41, 5.74) is 2.94. The molecule has 2 saturated heterocycles. The lowest BCUT2D eigenvalue weighted by atomic mass is 9.81. The fourth-order valence-corrected chi connectivity index (χ4v) is 9.47. The number of carbonyl (C=O) groups is 2. The summed E-state index contributed by atoms with van der Waals surface area (Å²) < 4.78 is 48.4. The van der Waals surface area contributed by atoms with Crippen LogP contribution in [-0.4, -0.2) is 70.4 Å². The summed E-state index contributed by atoms with van der Waals surface area (Å²) in [5.74, 6) is -1.13. The van der Waals surface area contributed by atoms with Crippen LogP contribution < -0.4 is 4.74 Å². The largest absolute Gasteiger partial charge is 0.573 e. The summed E-state index contributed by atoms with van der Waals surface area (Å²) in [4.78, 5) is 31.3. The number of aromatic carboxylic acids is 1. The maximum absolute atomic E-state index is 14.9. The second-order valence-corrected chi connectivity index (χ2v) is 14.1. The number of benzene rings is 2. The third kappa shape index (κ3) is 4.57. The molecule has 4 heterocycles. The average molecular weight is 622 g/mol. The molecule has 0 bridgehead atoms. The molecular weight excluding hydrogens is 583 g/mol. The molecule has 4 unspecified atom stereocenters. The number of likely N-dealkylation sites (N-methyl/N-ethyl adjacent to an activating group) is 1. The second kappa shape index (κ2) is 10.2. The minimum Gasteiger partial charge on any atom is -0.478 e. The van der Waals surface area contributed by atoms with Crippen molar-refractivity contribution in [2.45, 2.75) is 82.2 Å². The monoisotopic (exact) mass is 621 g/mol. The van der Waals surface area contributed by atoms with Crippen molar-refractivity contribution in [1.82, 2.24) is 14.4 Å². The van der Waals surface area contributed by atoms with Crippen LogP contribution in [0.3, 0.4) is 0 Å². The van der Waals surface area contributed by atoms with E-state index in [1.54, 1.807) is 18.2 Å². The normalized spacial score (nSPS) is 28.2. The molecule has 238 valence electrons. The lowest BCUT2D eigenvalue weighted by Crippen LogP contribution is -2.52. The zero-order valence-corrected chi connectivity index (χ0v) is 25.4. The Morgan fingerprint density at radius 3 is 2.56 bits per heavy atom. The fraction of sp³-hybridized carbons (Fsp3) is 0.543. The Morgan fingerprint density at radius 2 is 1.80 bits per heavy atom. The highest BCUT2D eigenvalue weighted by atomic mass is 19.4. The Labute approximate surface area is 259 Å². The van der Waals surface area contributed by atoms with Crippen molar-refractivity contribution in [3.63, 3.8) is 0 Å². The zero-order valence-electron chi connectivity index (χ0n) is 25.4. The SMILES string of the molecule is CN1CC2CCCN(C(=O)C34CC3c3c(OC(F)(F)F)cccc3-c3c(C5CCCCC5)c5ccc(C(=O)O)cc5n3C4)C2C1. The number of ether oxygens (including phenoxy) is 1. The first-order valence-corrected chi connectivity index (χ1v) is 16.3. The predicted molar refractivity (Wildman–Crippen MR) is 162 cm³/mol. The molecule has 2 aromatic carbocycles. The summed E-state index contributed by atoms with van der Waals surface area (Å²) in [5, 5.41) is 10.9. The number of halogens is 3. The first-order valence-electron chi connectivity index (χ1n) is 16.3. The summed E-state index contributed by atoms with van der Waals surface area (Å²) in [6, 6.07) is 10.1. The van der Waals surface area contributed by atoms with Gasteiger partial charge in [-0.1, -0.05) is 37.5 Å². The summed E-state index contributed by atoms with van der Waals surface area (Å²) in [6.45, 7) is 2.67. The van der Waals surface area contributed by atoms with E-state index in [1.807, 2.05) is 17.0 Å². The van der Waals surface area contributed by atoms with Crippen LogP contribution in [0.4, 0.5) is 13.2 Å². The Morgan fingerprint density at radius 1 is 1.00 bits per heavy atom. The molecule has 45 heavy (non-hydrogen) atoms. The maximum Gasteiger partial charge on any atom is 0.573 e. The lowest BCUT2D eigenvalue weighted by molar-refractivity contribution is -0.274. The fourth-order valence-electron chi connectivity index (χ4n) is 9.47. The molecule has 2 saturated carbocycles. The molecule has 1 aromatic heterocycles. The molecule has 7 nitrogen and oxygen atoms in total. The molecule has 2 aliphatic carbocycles. The summed E-state index contributed by atoms with van der Waals surface area (Å²) >= 11 is 0. The van der Waals surface area contributed by atoms with Gasteiger partial charge in [0, 0.05) is 60.2 Å². The van der Waals surface area contributed by atoms with Crippen molar-refractivity contribution in [1.29, 1.82) is 0 Å². The number of carboxylic acid groups (broad SMARTS) is 1. The van der Waals surface area contributed by atoms with E-state index in [4.69, 9.17) is 4.74 Å². The quantitative estimate of drug-likeness (QED) is 0.340. The predicted octanol–water partition coefficient (Wildman–Crippen LogP) is 6.99. The van der Waals surface area contributed by atoms with Crippen molar-refractivity contribution in [2.24, 2.45) is 11.3 Å². The van der Waals surface area contributed by atoms with Crippen LogP contribution in [0.2, 0.25) is 0 Å². The van der Waals surface area contributed by atoms with Gasteiger partial charge < -0.3 is 24.2 Å². The van der Waals surface area contributed by atoms with Crippen LogP contribution in [0.1, 0.15) is 84.7 Å². The van der Waals surface area contributed by atoms with E-state index in [0.717, 1.165) is 80.2 Å². The molecule has 4 atom stereocenters. The van der Waals surface area contributed by atoms with E-state index in [0.29, 0.717) is 36.6 Å². The van der Waals surface area contributed by atoms with Gasteiger partial charge in [0.05, 0.1) is 16.7 Å². The van der Waals surface area contributed by atoms with Gasteiger partial charge in [-0.3, -0.25) is 4.79 Å². The van der Waals surface area contributed by atoms with Gasteiger partial charge in [-0.15, -0.1) is 13.2 Å². The van der Waals surface area contributed by atoms with Gasteiger partial charge in [-0.2, -0.15) is 0 Å². The van der Waals surface area contributed by atoms with Gasteiger partial charge in [0.15, 0.2) is 0 Å². The molecule has 3 aliphatic heterocycles. The van der Waals surface area contributed by atoms with E-state index in [1.165, 1.54) is 6.07 Å². The number of likely N-dealkylation sites (tertiary alicyclic amines) is 2. The number of alkyl halides is 3. The number of carbonyl (C=O) groups excluding carboxylic acids is 1. The Kier molecular flexibility index (Phi) is 6.58. The van der Waals surface area contributed by atoms with Crippen LogP contribution >= 0.6 is 0 Å². The molecular formula is C35H38F3N3O4. The molecule has 8 rings (SSSR count). The minimum atomic E-state index is -4.88. The molecule has 0 radical (unpaired) electrons. The number of aromatic nitrogens is 1. The molecule has 1 N–H and O–H groups in total. The first-order chi connectivity index (χ1) is 21.6. The molecule has 0 spiro atoms. The van der Waals surface area contributed by atoms with Crippen LogP contribution in [0.5, 0.6) is 5.75 Å². The Bertz CT molecular complexity index is 1710. The standard InChI is InChI=1S/C35H38F3N3O4/c1-39-17-22-9-6-14-40(27(22)18-39)33(44)34-16-25(34)30-24(10-5-11-28(30)45-35(36,37)38)31-29(20-7-3-2-4-8-20)23-13-12-21(32(42)43)15-26(23)41(31)19-34/h5,10-13,15,20,22,25,27H,2-4,6-9,14,16-19H2,1H3,(H,42,43). The van der Waals surface area contributed by atoms with Crippen molar-refractivity contribution in [3.8, 4) is 17.0 Å². The summed E-state index contributed by atoms with van der Waals surface area (Å²) in [6.07, 6.45) is 2.70. The highest BCUT2D eigenvalue weighted by molar-refractivity contribution is 6.00.